The molecule has 98 valence electrons. The molecule has 0 bridgehead atoms. The van der Waals surface area contributed by atoms with E-state index in [0.717, 1.165) is 6.42 Å². The Morgan fingerprint density at radius 1 is 1.61 bits per heavy atom. The van der Waals surface area contributed by atoms with Crippen LogP contribution in [0.1, 0.15) is 25.5 Å². The van der Waals surface area contributed by atoms with Crippen molar-refractivity contribution in [3.63, 3.8) is 0 Å². The highest BCUT2D eigenvalue weighted by molar-refractivity contribution is 5.80. The predicted octanol–water partition coefficient (Wildman–Crippen LogP) is 1.44. The Balaban J connectivity index is 2.15. The molecule has 1 saturated heterocycles. The molecular formula is C13H17NO4. The van der Waals surface area contributed by atoms with Crippen molar-refractivity contribution >= 4 is 5.97 Å². The first kappa shape index (κ1) is 12.8. The zero-order chi connectivity index (χ0) is 13.0. The van der Waals surface area contributed by atoms with Crippen LogP contribution < -0.4 is 0 Å². The van der Waals surface area contributed by atoms with Crippen molar-refractivity contribution in [2.75, 3.05) is 13.2 Å². The van der Waals surface area contributed by atoms with E-state index in [4.69, 9.17) is 9.47 Å². The lowest BCUT2D eigenvalue weighted by molar-refractivity contribution is -0.166. The maximum Gasteiger partial charge on any atom is 0.338 e. The van der Waals surface area contributed by atoms with Gasteiger partial charge in [-0.05, 0) is 31.9 Å². The summed E-state index contributed by atoms with van der Waals surface area (Å²) in [6, 6.07) is 3.24. The van der Waals surface area contributed by atoms with Gasteiger partial charge in [0.1, 0.15) is 5.75 Å². The minimum Gasteiger partial charge on any atom is -0.506 e. The molecule has 1 aromatic heterocycles. The Labute approximate surface area is 106 Å². The summed E-state index contributed by atoms with van der Waals surface area (Å²) in [6.07, 6.45) is 3.24. The molecule has 2 rings (SSSR count). The first-order valence-electron chi connectivity index (χ1n) is 6.11. The van der Waals surface area contributed by atoms with Crippen LogP contribution >= 0.6 is 0 Å². The summed E-state index contributed by atoms with van der Waals surface area (Å²) in [4.78, 5) is 16.1. The average molecular weight is 251 g/mol. The summed E-state index contributed by atoms with van der Waals surface area (Å²) in [5, 5.41) is 9.19. The van der Waals surface area contributed by atoms with E-state index in [9.17, 15) is 9.90 Å². The van der Waals surface area contributed by atoms with Crippen LogP contribution in [0.5, 0.6) is 5.75 Å². The number of pyridine rings is 1. The highest BCUT2D eigenvalue weighted by atomic mass is 16.6. The molecule has 1 N–H and O–H groups in total. The molecule has 0 radical (unpaired) electrons. The summed E-state index contributed by atoms with van der Waals surface area (Å²) in [5.74, 6) is -0.214. The first-order valence-corrected chi connectivity index (χ1v) is 6.11. The van der Waals surface area contributed by atoms with Crippen LogP contribution in [0.15, 0.2) is 18.3 Å². The average Bonchev–Trinajstić information content (AvgIpc) is 2.82. The second kappa shape index (κ2) is 5.35. The molecular weight excluding hydrogens is 234 g/mol. The van der Waals surface area contributed by atoms with Crippen molar-refractivity contribution in [3.8, 4) is 5.75 Å². The molecule has 18 heavy (non-hydrogen) atoms. The Morgan fingerprint density at radius 2 is 2.44 bits per heavy atom. The third kappa shape index (κ3) is 2.61. The molecule has 1 atom stereocenters. The lowest BCUT2D eigenvalue weighted by Gasteiger charge is -2.25. The van der Waals surface area contributed by atoms with Gasteiger partial charge in [0.05, 0.1) is 12.8 Å². The number of nitrogens with zero attached hydrogens (tertiary/aromatic N) is 1. The zero-order valence-corrected chi connectivity index (χ0v) is 10.4. The van der Waals surface area contributed by atoms with Crippen molar-refractivity contribution in [2.24, 2.45) is 0 Å². The second-order valence-electron chi connectivity index (χ2n) is 4.35. The van der Waals surface area contributed by atoms with Crippen molar-refractivity contribution < 1.29 is 19.4 Å². The fraction of sp³-hybridized carbons (Fsp3) is 0.538. The summed E-state index contributed by atoms with van der Waals surface area (Å²) in [6.45, 7) is 2.68. The number of hydrogen-bond acceptors (Lipinski definition) is 5. The third-order valence-corrected chi connectivity index (χ3v) is 3.03. The summed E-state index contributed by atoms with van der Waals surface area (Å²) >= 11 is 0. The maximum absolute atomic E-state index is 12.0. The van der Waals surface area contributed by atoms with Crippen LogP contribution in [0.25, 0.3) is 0 Å². The van der Waals surface area contributed by atoms with Gasteiger partial charge in [0, 0.05) is 18.7 Å². The van der Waals surface area contributed by atoms with Gasteiger partial charge in [-0.2, -0.15) is 0 Å². The van der Waals surface area contributed by atoms with Gasteiger partial charge in [0.15, 0.2) is 5.60 Å². The SMILES string of the molecule is CCOC(=O)[C@]1(Cc2ccc(O)cn2)CCCO1. The normalized spacial score (nSPS) is 22.9. The molecule has 0 amide bonds. The van der Waals surface area contributed by atoms with E-state index in [2.05, 4.69) is 4.98 Å². The molecule has 1 aromatic rings. The third-order valence-electron chi connectivity index (χ3n) is 3.03. The monoisotopic (exact) mass is 251 g/mol. The van der Waals surface area contributed by atoms with Crippen LogP contribution in [0.3, 0.4) is 0 Å². The second-order valence-corrected chi connectivity index (χ2v) is 4.35. The van der Waals surface area contributed by atoms with E-state index >= 15 is 0 Å². The van der Waals surface area contributed by atoms with Crippen molar-refractivity contribution in [3.05, 3.63) is 24.0 Å². The molecule has 5 nitrogen and oxygen atoms in total. The van der Waals surface area contributed by atoms with Crippen molar-refractivity contribution in [1.82, 2.24) is 4.98 Å². The highest BCUT2D eigenvalue weighted by Crippen LogP contribution is 2.30. The quantitative estimate of drug-likeness (QED) is 0.820. The minimum absolute atomic E-state index is 0.108. The number of hydrogen-bond donors (Lipinski definition) is 1. The van der Waals surface area contributed by atoms with Gasteiger partial charge in [-0.1, -0.05) is 0 Å². The molecule has 0 unspecified atom stereocenters. The summed E-state index contributed by atoms with van der Waals surface area (Å²) < 4.78 is 10.7. The first-order chi connectivity index (χ1) is 8.66. The number of ether oxygens (including phenoxy) is 2. The predicted molar refractivity (Wildman–Crippen MR) is 64.2 cm³/mol. The molecule has 2 heterocycles. The van der Waals surface area contributed by atoms with Gasteiger partial charge in [-0.3, -0.25) is 4.98 Å². The van der Waals surface area contributed by atoms with E-state index in [-0.39, 0.29) is 11.7 Å². The van der Waals surface area contributed by atoms with Gasteiger partial charge < -0.3 is 14.6 Å². The van der Waals surface area contributed by atoms with E-state index in [1.165, 1.54) is 6.20 Å². The molecule has 1 fully saturated rings. The molecule has 1 aliphatic rings. The number of aromatic nitrogens is 1. The molecule has 0 saturated carbocycles. The number of esters is 1. The number of carbonyl (C=O) groups is 1. The molecule has 0 spiro atoms. The highest BCUT2D eigenvalue weighted by Gasteiger charge is 2.44. The van der Waals surface area contributed by atoms with Gasteiger partial charge >= 0.3 is 5.97 Å². The Kier molecular flexibility index (Phi) is 3.81. The Hall–Kier alpha value is -1.62. The largest absolute Gasteiger partial charge is 0.506 e. The van der Waals surface area contributed by atoms with Crippen LogP contribution in [0.4, 0.5) is 0 Å². The number of carbonyl (C=O) groups excluding carboxylic acids is 1. The minimum atomic E-state index is -0.903. The Morgan fingerprint density at radius 3 is 3.00 bits per heavy atom. The molecule has 0 aliphatic carbocycles. The van der Waals surface area contributed by atoms with Crippen LogP contribution in [0.2, 0.25) is 0 Å². The standard InChI is InChI=1S/C13H17NO4/c1-2-17-12(16)13(6-3-7-18-13)8-10-4-5-11(15)9-14-10/h4-5,9,15H,2-3,6-8H2,1H3/t13-/m1/s1. The van der Waals surface area contributed by atoms with Crippen LogP contribution in [-0.4, -0.2) is 34.9 Å². The van der Waals surface area contributed by atoms with Crippen molar-refractivity contribution in [2.45, 2.75) is 31.8 Å². The van der Waals surface area contributed by atoms with E-state index < -0.39 is 5.60 Å². The smallest absolute Gasteiger partial charge is 0.338 e. The van der Waals surface area contributed by atoms with E-state index in [1.807, 2.05) is 0 Å². The van der Waals surface area contributed by atoms with Crippen LogP contribution in [-0.2, 0) is 20.7 Å². The summed E-state index contributed by atoms with van der Waals surface area (Å²) in [5.41, 5.74) is -0.192. The van der Waals surface area contributed by atoms with Gasteiger partial charge in [0.2, 0.25) is 0 Å². The molecule has 5 heteroatoms. The molecule has 0 aromatic carbocycles. The van der Waals surface area contributed by atoms with Gasteiger partial charge in [-0.25, -0.2) is 4.79 Å². The summed E-state index contributed by atoms with van der Waals surface area (Å²) in [7, 11) is 0. The van der Waals surface area contributed by atoms with Crippen molar-refractivity contribution in [1.29, 1.82) is 0 Å². The maximum atomic E-state index is 12.0. The lowest BCUT2D eigenvalue weighted by atomic mass is 9.94. The lowest BCUT2D eigenvalue weighted by Crippen LogP contribution is -2.42. The van der Waals surface area contributed by atoms with Gasteiger partial charge in [-0.15, -0.1) is 0 Å². The zero-order valence-electron chi connectivity index (χ0n) is 10.4. The fourth-order valence-corrected chi connectivity index (χ4v) is 2.15. The van der Waals surface area contributed by atoms with E-state index in [0.29, 0.717) is 31.7 Å². The number of aromatic hydroxyl groups is 1. The topological polar surface area (TPSA) is 68.7 Å². The van der Waals surface area contributed by atoms with Crippen LogP contribution in [0, 0.1) is 0 Å². The number of rotatable bonds is 4. The molecule has 1 aliphatic heterocycles. The van der Waals surface area contributed by atoms with Gasteiger partial charge in [0.25, 0.3) is 0 Å². The Bertz CT molecular complexity index is 410. The van der Waals surface area contributed by atoms with E-state index in [1.54, 1.807) is 19.1 Å². The fourth-order valence-electron chi connectivity index (χ4n) is 2.15.